The van der Waals surface area contributed by atoms with Crippen molar-refractivity contribution in [1.82, 2.24) is 0 Å². The van der Waals surface area contributed by atoms with Crippen LogP contribution < -0.4 is 11.5 Å². The first-order chi connectivity index (χ1) is 6.20. The maximum absolute atomic E-state index is 9.34. The van der Waals surface area contributed by atoms with Crippen molar-refractivity contribution in [3.05, 3.63) is 35.9 Å². The Morgan fingerprint density at radius 2 is 1.77 bits per heavy atom. The first-order valence-corrected chi connectivity index (χ1v) is 4.43. The average molecular weight is 180 g/mol. The molecule has 3 heteroatoms. The summed E-state index contributed by atoms with van der Waals surface area (Å²) in [5.41, 5.74) is 11.9. The van der Waals surface area contributed by atoms with Crippen molar-refractivity contribution in [3.63, 3.8) is 0 Å². The van der Waals surface area contributed by atoms with Gasteiger partial charge in [-0.25, -0.2) is 0 Å². The topological polar surface area (TPSA) is 72.3 Å². The minimum absolute atomic E-state index is 0.611. The van der Waals surface area contributed by atoms with Crippen LogP contribution in [0.5, 0.6) is 0 Å². The predicted molar refractivity (Wildman–Crippen MR) is 52.9 cm³/mol. The lowest BCUT2D eigenvalue weighted by atomic mass is 10.1. The van der Waals surface area contributed by atoms with E-state index in [1.807, 2.05) is 30.3 Å². The van der Waals surface area contributed by atoms with Crippen LogP contribution in [0.3, 0.4) is 0 Å². The van der Waals surface area contributed by atoms with E-state index in [-0.39, 0.29) is 0 Å². The van der Waals surface area contributed by atoms with E-state index in [2.05, 4.69) is 0 Å². The van der Waals surface area contributed by atoms with Crippen molar-refractivity contribution >= 4 is 0 Å². The number of benzene rings is 1. The highest BCUT2D eigenvalue weighted by Gasteiger charge is 2.08. The summed E-state index contributed by atoms with van der Waals surface area (Å²) in [4.78, 5) is 0. The number of aryl methyl sites for hydroxylation is 1. The Labute approximate surface area is 78.4 Å². The normalized spacial score (nSPS) is 13.2. The molecule has 0 saturated heterocycles. The van der Waals surface area contributed by atoms with E-state index in [0.29, 0.717) is 6.42 Å². The number of nitrogens with two attached hydrogens (primary N) is 2. The van der Waals surface area contributed by atoms with Gasteiger partial charge in [0.2, 0.25) is 0 Å². The molecule has 0 aliphatic heterocycles. The van der Waals surface area contributed by atoms with Gasteiger partial charge in [0, 0.05) is 0 Å². The molecule has 0 aliphatic carbocycles. The summed E-state index contributed by atoms with van der Waals surface area (Å²) in [5.74, 6) is 0. The summed E-state index contributed by atoms with van der Waals surface area (Å²) >= 11 is 0. The number of aliphatic hydroxyl groups excluding tert-OH is 1. The maximum atomic E-state index is 9.34. The zero-order chi connectivity index (χ0) is 9.68. The summed E-state index contributed by atoms with van der Waals surface area (Å²) in [6.07, 6.45) is 0.179. The van der Waals surface area contributed by atoms with Crippen LogP contribution >= 0.6 is 0 Å². The number of hydrogen-bond acceptors (Lipinski definition) is 3. The molecular formula is C10H16N2O. The standard InChI is InChI=1S/C10H16N2O/c11-10(12)9(13)7-6-8-4-2-1-3-5-8/h1-5,9-10,13H,6-7,11-12H2. The summed E-state index contributed by atoms with van der Waals surface area (Å²) in [6, 6.07) is 9.96. The molecule has 13 heavy (non-hydrogen) atoms. The molecule has 1 unspecified atom stereocenters. The zero-order valence-corrected chi connectivity index (χ0v) is 7.56. The van der Waals surface area contributed by atoms with Gasteiger partial charge in [-0.05, 0) is 18.4 Å². The van der Waals surface area contributed by atoms with Gasteiger partial charge in [-0.2, -0.15) is 0 Å². The fourth-order valence-corrected chi connectivity index (χ4v) is 1.15. The summed E-state index contributed by atoms with van der Waals surface area (Å²) in [6.45, 7) is 0. The minimum Gasteiger partial charge on any atom is -0.390 e. The lowest BCUT2D eigenvalue weighted by Gasteiger charge is -2.13. The largest absolute Gasteiger partial charge is 0.390 e. The zero-order valence-electron chi connectivity index (χ0n) is 7.56. The monoisotopic (exact) mass is 180 g/mol. The summed E-state index contributed by atoms with van der Waals surface area (Å²) in [5, 5.41) is 9.34. The van der Waals surface area contributed by atoms with Crippen molar-refractivity contribution in [3.8, 4) is 0 Å². The Morgan fingerprint density at radius 3 is 2.31 bits per heavy atom. The fourth-order valence-electron chi connectivity index (χ4n) is 1.15. The third-order valence-corrected chi connectivity index (χ3v) is 2.02. The lowest BCUT2D eigenvalue weighted by molar-refractivity contribution is 0.137. The number of hydrogen-bond donors (Lipinski definition) is 3. The van der Waals surface area contributed by atoms with Gasteiger partial charge in [0.1, 0.15) is 0 Å². The molecule has 0 aliphatic rings. The second-order valence-corrected chi connectivity index (χ2v) is 3.17. The molecule has 1 aromatic rings. The molecule has 0 spiro atoms. The van der Waals surface area contributed by atoms with Gasteiger partial charge in [0.15, 0.2) is 0 Å². The molecule has 0 amide bonds. The number of aliphatic hydroxyl groups is 1. The summed E-state index contributed by atoms with van der Waals surface area (Å²) in [7, 11) is 0. The first kappa shape index (κ1) is 10.2. The predicted octanol–water partition coefficient (Wildman–Crippen LogP) is 0.224. The smallest absolute Gasteiger partial charge is 0.0823 e. The van der Waals surface area contributed by atoms with Gasteiger partial charge in [0.05, 0.1) is 12.3 Å². The first-order valence-electron chi connectivity index (χ1n) is 4.43. The molecule has 0 heterocycles. The van der Waals surface area contributed by atoms with Gasteiger partial charge >= 0.3 is 0 Å². The molecule has 0 saturated carbocycles. The highest BCUT2D eigenvalue weighted by molar-refractivity contribution is 5.14. The van der Waals surface area contributed by atoms with Crippen molar-refractivity contribution in [2.45, 2.75) is 25.1 Å². The SMILES string of the molecule is NC(N)C(O)CCc1ccccc1. The van der Waals surface area contributed by atoms with Gasteiger partial charge in [-0.15, -0.1) is 0 Å². The van der Waals surface area contributed by atoms with Crippen LogP contribution in [0.1, 0.15) is 12.0 Å². The Balaban J connectivity index is 2.35. The second kappa shape index (κ2) is 4.97. The van der Waals surface area contributed by atoms with Crippen molar-refractivity contribution in [1.29, 1.82) is 0 Å². The fraction of sp³-hybridized carbons (Fsp3) is 0.400. The third-order valence-electron chi connectivity index (χ3n) is 2.02. The van der Waals surface area contributed by atoms with Gasteiger partial charge in [0.25, 0.3) is 0 Å². The van der Waals surface area contributed by atoms with Crippen molar-refractivity contribution < 1.29 is 5.11 Å². The Kier molecular flexibility index (Phi) is 3.89. The van der Waals surface area contributed by atoms with E-state index in [4.69, 9.17) is 11.5 Å². The molecule has 0 bridgehead atoms. The van der Waals surface area contributed by atoms with Crippen LogP contribution in [-0.4, -0.2) is 17.4 Å². The van der Waals surface area contributed by atoms with E-state index in [1.165, 1.54) is 5.56 Å². The van der Waals surface area contributed by atoms with E-state index in [1.54, 1.807) is 0 Å². The van der Waals surface area contributed by atoms with Gasteiger partial charge < -0.3 is 16.6 Å². The van der Waals surface area contributed by atoms with Crippen LogP contribution in [0.25, 0.3) is 0 Å². The quantitative estimate of drug-likeness (QED) is 0.580. The Morgan fingerprint density at radius 1 is 1.15 bits per heavy atom. The van der Waals surface area contributed by atoms with Crippen LogP contribution in [0, 0.1) is 0 Å². The van der Waals surface area contributed by atoms with Crippen LogP contribution in [0.4, 0.5) is 0 Å². The maximum Gasteiger partial charge on any atom is 0.0823 e. The van der Waals surface area contributed by atoms with Crippen LogP contribution in [-0.2, 0) is 6.42 Å². The molecular weight excluding hydrogens is 164 g/mol. The molecule has 0 fully saturated rings. The molecule has 1 atom stereocenters. The summed E-state index contributed by atoms with van der Waals surface area (Å²) < 4.78 is 0. The molecule has 0 aromatic heterocycles. The number of rotatable bonds is 4. The van der Waals surface area contributed by atoms with Gasteiger partial charge in [-0.1, -0.05) is 30.3 Å². The molecule has 5 N–H and O–H groups in total. The van der Waals surface area contributed by atoms with Crippen molar-refractivity contribution in [2.75, 3.05) is 0 Å². The third kappa shape index (κ3) is 3.55. The highest BCUT2D eigenvalue weighted by atomic mass is 16.3. The minimum atomic E-state index is -0.635. The molecule has 3 nitrogen and oxygen atoms in total. The van der Waals surface area contributed by atoms with Crippen molar-refractivity contribution in [2.24, 2.45) is 11.5 Å². The Bertz CT molecular complexity index is 236. The van der Waals surface area contributed by atoms with E-state index in [9.17, 15) is 5.11 Å². The van der Waals surface area contributed by atoms with Gasteiger partial charge in [-0.3, -0.25) is 0 Å². The molecule has 1 aromatic carbocycles. The van der Waals surface area contributed by atoms with E-state index in [0.717, 1.165) is 6.42 Å². The molecule has 0 radical (unpaired) electrons. The highest BCUT2D eigenvalue weighted by Crippen LogP contribution is 2.04. The Hall–Kier alpha value is -0.900. The lowest BCUT2D eigenvalue weighted by Crippen LogP contribution is -2.42. The second-order valence-electron chi connectivity index (χ2n) is 3.17. The molecule has 1 rings (SSSR count). The molecule has 72 valence electrons. The van der Waals surface area contributed by atoms with Crippen LogP contribution in [0.15, 0.2) is 30.3 Å². The van der Waals surface area contributed by atoms with E-state index < -0.39 is 12.3 Å². The average Bonchev–Trinajstić information content (AvgIpc) is 2.15. The van der Waals surface area contributed by atoms with E-state index >= 15 is 0 Å². The van der Waals surface area contributed by atoms with Crippen LogP contribution in [0.2, 0.25) is 0 Å².